The van der Waals surface area contributed by atoms with Gasteiger partial charge in [-0.25, -0.2) is 4.98 Å². The van der Waals surface area contributed by atoms with Crippen molar-refractivity contribution in [3.63, 3.8) is 0 Å². The predicted molar refractivity (Wildman–Crippen MR) is 64.9 cm³/mol. The van der Waals surface area contributed by atoms with E-state index in [-0.39, 0.29) is 17.6 Å². The minimum Gasteiger partial charge on any atom is -0.481 e. The molecule has 1 aromatic rings. The first kappa shape index (κ1) is 12.3. The molecule has 6 nitrogen and oxygen atoms in total. The molecule has 1 amide bonds. The number of carboxylic acid groups (broad SMARTS) is 1. The second-order valence-electron chi connectivity index (χ2n) is 4.34. The molecule has 0 radical (unpaired) electrons. The largest absolute Gasteiger partial charge is 0.481 e. The topological polar surface area (TPSA) is 96.5 Å². The molecule has 0 spiro atoms. The van der Waals surface area contributed by atoms with E-state index in [2.05, 4.69) is 4.98 Å². The Labute approximate surface area is 104 Å². The van der Waals surface area contributed by atoms with Crippen LogP contribution in [0.15, 0.2) is 18.3 Å². The molecule has 1 aromatic heterocycles. The monoisotopic (exact) mass is 249 g/mol. The van der Waals surface area contributed by atoms with Crippen LogP contribution in [0.25, 0.3) is 0 Å². The molecule has 0 aromatic carbocycles. The minimum absolute atomic E-state index is 0.176. The van der Waals surface area contributed by atoms with Crippen LogP contribution in [0.4, 0.5) is 5.82 Å². The third-order valence-corrected chi connectivity index (χ3v) is 3.20. The SMILES string of the molecule is Nc1ncccc1C(=O)N1CCC(C(=O)O)CC1. The van der Waals surface area contributed by atoms with E-state index in [4.69, 9.17) is 10.8 Å². The third-order valence-electron chi connectivity index (χ3n) is 3.20. The average Bonchev–Trinajstić information content (AvgIpc) is 2.38. The number of pyridine rings is 1. The molecule has 2 heterocycles. The van der Waals surface area contributed by atoms with Crippen molar-refractivity contribution in [3.05, 3.63) is 23.9 Å². The number of amides is 1. The number of carbonyl (C=O) groups is 2. The maximum absolute atomic E-state index is 12.2. The van der Waals surface area contributed by atoms with Crippen LogP contribution in [0.3, 0.4) is 0 Å². The van der Waals surface area contributed by atoms with Crippen LogP contribution in [-0.2, 0) is 4.79 Å². The van der Waals surface area contributed by atoms with Crippen molar-refractivity contribution in [3.8, 4) is 0 Å². The summed E-state index contributed by atoms with van der Waals surface area (Å²) in [5, 5.41) is 8.89. The van der Waals surface area contributed by atoms with E-state index >= 15 is 0 Å². The lowest BCUT2D eigenvalue weighted by atomic mass is 9.96. The normalized spacial score (nSPS) is 16.6. The summed E-state index contributed by atoms with van der Waals surface area (Å²) >= 11 is 0. The summed E-state index contributed by atoms with van der Waals surface area (Å²) in [5.41, 5.74) is 6.03. The predicted octanol–water partition coefficient (Wildman–Crippen LogP) is 0.601. The van der Waals surface area contributed by atoms with Crippen LogP contribution in [0.5, 0.6) is 0 Å². The maximum atomic E-state index is 12.2. The summed E-state index contributed by atoms with van der Waals surface area (Å²) in [6.07, 6.45) is 2.51. The highest BCUT2D eigenvalue weighted by Gasteiger charge is 2.28. The van der Waals surface area contributed by atoms with Gasteiger partial charge in [-0.1, -0.05) is 0 Å². The highest BCUT2D eigenvalue weighted by Crippen LogP contribution is 2.20. The quantitative estimate of drug-likeness (QED) is 0.800. The molecular formula is C12H15N3O3. The highest BCUT2D eigenvalue weighted by atomic mass is 16.4. The van der Waals surface area contributed by atoms with E-state index in [1.807, 2.05) is 0 Å². The molecule has 0 bridgehead atoms. The molecule has 6 heteroatoms. The van der Waals surface area contributed by atoms with Crippen LogP contribution >= 0.6 is 0 Å². The molecule has 0 unspecified atom stereocenters. The Bertz CT molecular complexity index is 467. The minimum atomic E-state index is -0.789. The molecule has 2 rings (SSSR count). The number of carboxylic acids is 1. The zero-order valence-corrected chi connectivity index (χ0v) is 9.87. The molecule has 3 N–H and O–H groups in total. The number of aliphatic carboxylic acids is 1. The molecule has 1 fully saturated rings. The first-order chi connectivity index (χ1) is 8.59. The van der Waals surface area contributed by atoms with Crippen molar-refractivity contribution in [1.29, 1.82) is 0 Å². The van der Waals surface area contributed by atoms with E-state index in [1.165, 1.54) is 6.20 Å². The molecule has 0 aliphatic carbocycles. The Kier molecular flexibility index (Phi) is 3.45. The number of nitrogens with two attached hydrogens (primary N) is 1. The van der Waals surface area contributed by atoms with Gasteiger partial charge in [0.25, 0.3) is 5.91 Å². The third kappa shape index (κ3) is 2.42. The number of likely N-dealkylation sites (tertiary alicyclic amines) is 1. The number of nitrogens with zero attached hydrogens (tertiary/aromatic N) is 2. The van der Waals surface area contributed by atoms with E-state index < -0.39 is 5.97 Å². The Hall–Kier alpha value is -2.11. The Morgan fingerprint density at radius 3 is 2.61 bits per heavy atom. The summed E-state index contributed by atoms with van der Waals surface area (Å²) in [5.74, 6) is -1.10. The number of piperidine rings is 1. The summed E-state index contributed by atoms with van der Waals surface area (Å²) in [4.78, 5) is 28.5. The summed E-state index contributed by atoms with van der Waals surface area (Å²) < 4.78 is 0. The van der Waals surface area contributed by atoms with Gasteiger partial charge in [-0.05, 0) is 25.0 Å². The van der Waals surface area contributed by atoms with Crippen molar-refractivity contribution in [1.82, 2.24) is 9.88 Å². The molecule has 96 valence electrons. The fraction of sp³-hybridized carbons (Fsp3) is 0.417. The average molecular weight is 249 g/mol. The van der Waals surface area contributed by atoms with Gasteiger partial charge in [0.1, 0.15) is 5.82 Å². The van der Waals surface area contributed by atoms with Crippen molar-refractivity contribution in [2.24, 2.45) is 5.92 Å². The molecule has 18 heavy (non-hydrogen) atoms. The second-order valence-corrected chi connectivity index (χ2v) is 4.34. The van der Waals surface area contributed by atoms with Crippen LogP contribution in [0.1, 0.15) is 23.2 Å². The lowest BCUT2D eigenvalue weighted by molar-refractivity contribution is -0.143. The lowest BCUT2D eigenvalue weighted by Crippen LogP contribution is -2.40. The standard InChI is InChI=1S/C12H15N3O3/c13-10-9(2-1-5-14-10)11(16)15-6-3-8(4-7-15)12(17)18/h1-2,5,8H,3-4,6-7H2,(H2,13,14)(H,17,18). The van der Waals surface area contributed by atoms with Gasteiger partial charge in [0.05, 0.1) is 11.5 Å². The van der Waals surface area contributed by atoms with E-state index in [0.717, 1.165) is 0 Å². The summed E-state index contributed by atoms with van der Waals surface area (Å²) in [6, 6.07) is 3.29. The Balaban J connectivity index is 2.04. The van der Waals surface area contributed by atoms with Gasteiger partial charge in [0, 0.05) is 19.3 Å². The number of carbonyl (C=O) groups excluding carboxylic acids is 1. The van der Waals surface area contributed by atoms with Crippen molar-refractivity contribution in [2.45, 2.75) is 12.8 Å². The fourth-order valence-electron chi connectivity index (χ4n) is 2.10. The molecule has 0 atom stereocenters. The number of hydrogen-bond acceptors (Lipinski definition) is 4. The van der Waals surface area contributed by atoms with Crippen LogP contribution in [-0.4, -0.2) is 40.0 Å². The summed E-state index contributed by atoms with van der Waals surface area (Å²) in [6.45, 7) is 0.897. The van der Waals surface area contributed by atoms with Crippen LogP contribution in [0.2, 0.25) is 0 Å². The maximum Gasteiger partial charge on any atom is 0.306 e. The van der Waals surface area contributed by atoms with E-state index in [1.54, 1.807) is 17.0 Å². The molecule has 0 saturated carbocycles. The number of rotatable bonds is 2. The number of nitrogen functional groups attached to an aromatic ring is 1. The van der Waals surface area contributed by atoms with Gasteiger partial charge in [-0.15, -0.1) is 0 Å². The first-order valence-electron chi connectivity index (χ1n) is 5.82. The molecule has 1 aliphatic rings. The van der Waals surface area contributed by atoms with Crippen LogP contribution in [0, 0.1) is 5.92 Å². The van der Waals surface area contributed by atoms with Crippen molar-refractivity contribution in [2.75, 3.05) is 18.8 Å². The smallest absolute Gasteiger partial charge is 0.306 e. The Morgan fingerprint density at radius 1 is 1.39 bits per heavy atom. The highest BCUT2D eigenvalue weighted by molar-refractivity contribution is 5.98. The van der Waals surface area contributed by atoms with Crippen molar-refractivity contribution >= 4 is 17.7 Å². The zero-order valence-electron chi connectivity index (χ0n) is 9.87. The van der Waals surface area contributed by atoms with Gasteiger partial charge >= 0.3 is 5.97 Å². The number of hydrogen-bond donors (Lipinski definition) is 2. The molecule has 1 saturated heterocycles. The zero-order chi connectivity index (χ0) is 13.1. The number of anilines is 1. The molecular weight excluding hydrogens is 234 g/mol. The summed E-state index contributed by atoms with van der Waals surface area (Å²) in [7, 11) is 0. The number of aromatic nitrogens is 1. The van der Waals surface area contributed by atoms with Gasteiger partial charge in [0.15, 0.2) is 0 Å². The van der Waals surface area contributed by atoms with Gasteiger partial charge in [-0.3, -0.25) is 9.59 Å². The van der Waals surface area contributed by atoms with Gasteiger partial charge in [-0.2, -0.15) is 0 Å². The van der Waals surface area contributed by atoms with Gasteiger partial charge < -0.3 is 15.7 Å². The lowest BCUT2D eigenvalue weighted by Gasteiger charge is -2.30. The van der Waals surface area contributed by atoms with E-state index in [9.17, 15) is 9.59 Å². The van der Waals surface area contributed by atoms with Crippen LogP contribution < -0.4 is 5.73 Å². The first-order valence-corrected chi connectivity index (χ1v) is 5.82. The molecule has 1 aliphatic heterocycles. The Morgan fingerprint density at radius 2 is 2.06 bits per heavy atom. The van der Waals surface area contributed by atoms with Crippen molar-refractivity contribution < 1.29 is 14.7 Å². The van der Waals surface area contributed by atoms with Gasteiger partial charge in [0.2, 0.25) is 0 Å². The van der Waals surface area contributed by atoms with E-state index in [0.29, 0.717) is 31.5 Å². The fourth-order valence-corrected chi connectivity index (χ4v) is 2.10. The second kappa shape index (κ2) is 5.03.